The summed E-state index contributed by atoms with van der Waals surface area (Å²) in [6.07, 6.45) is 4.28. The number of likely N-dealkylation sites (tertiary alicyclic amines) is 1. The Morgan fingerprint density at radius 3 is 2.82 bits per heavy atom. The molecule has 2 rings (SSSR count). The zero-order valence-corrected chi connectivity index (χ0v) is 14.0. The Morgan fingerprint density at radius 2 is 2.23 bits per heavy atom. The van der Waals surface area contributed by atoms with Crippen molar-refractivity contribution in [3.05, 3.63) is 29.6 Å². The van der Waals surface area contributed by atoms with Crippen LogP contribution in [0.2, 0.25) is 0 Å². The van der Waals surface area contributed by atoms with Gasteiger partial charge >= 0.3 is 6.09 Å². The van der Waals surface area contributed by atoms with Crippen molar-refractivity contribution in [2.45, 2.75) is 64.6 Å². The zero-order chi connectivity index (χ0) is 16.3. The van der Waals surface area contributed by atoms with Gasteiger partial charge < -0.3 is 15.4 Å². The molecule has 5 heteroatoms. The summed E-state index contributed by atoms with van der Waals surface area (Å²) >= 11 is 0. The number of rotatable bonds is 3. The standard InChI is InChI=1S/C17H27N3O2/c1-12-7-8-15(19-11-12)14(18)10-13-6-5-9-20(13)16(21)22-17(2,3)4/h7-8,11,13-14H,5-6,9-10,18H2,1-4H3/t13-,14?/m0/s1. The van der Waals surface area contributed by atoms with Crippen molar-refractivity contribution >= 4 is 6.09 Å². The number of nitrogens with zero attached hydrogens (tertiary/aromatic N) is 2. The lowest BCUT2D eigenvalue weighted by molar-refractivity contribution is 0.0215. The molecular formula is C17H27N3O2. The first-order valence-corrected chi connectivity index (χ1v) is 7.94. The predicted molar refractivity (Wildman–Crippen MR) is 86.5 cm³/mol. The average Bonchev–Trinajstić information content (AvgIpc) is 2.85. The van der Waals surface area contributed by atoms with Crippen LogP contribution in [0.5, 0.6) is 0 Å². The number of carbonyl (C=O) groups excluding carboxylic acids is 1. The number of pyridine rings is 1. The molecule has 1 aliphatic heterocycles. The fourth-order valence-electron chi connectivity index (χ4n) is 2.75. The summed E-state index contributed by atoms with van der Waals surface area (Å²) in [5.74, 6) is 0. The Labute approximate surface area is 132 Å². The smallest absolute Gasteiger partial charge is 0.410 e. The molecule has 0 radical (unpaired) electrons. The van der Waals surface area contributed by atoms with Crippen LogP contribution in [0.4, 0.5) is 4.79 Å². The van der Waals surface area contributed by atoms with Gasteiger partial charge in [-0.15, -0.1) is 0 Å². The molecule has 2 heterocycles. The Hall–Kier alpha value is -1.62. The Kier molecular flexibility index (Phi) is 5.06. The second-order valence-corrected chi connectivity index (χ2v) is 7.07. The first kappa shape index (κ1) is 16.7. The quantitative estimate of drug-likeness (QED) is 0.931. The van der Waals surface area contributed by atoms with Gasteiger partial charge in [-0.3, -0.25) is 4.98 Å². The van der Waals surface area contributed by atoms with Crippen LogP contribution >= 0.6 is 0 Å². The van der Waals surface area contributed by atoms with E-state index in [1.807, 2.05) is 50.9 Å². The lowest BCUT2D eigenvalue weighted by atomic mass is 10.0. The minimum absolute atomic E-state index is 0.132. The molecule has 1 fully saturated rings. The summed E-state index contributed by atoms with van der Waals surface area (Å²) in [6, 6.07) is 3.96. The average molecular weight is 305 g/mol. The van der Waals surface area contributed by atoms with Gasteiger partial charge in [-0.2, -0.15) is 0 Å². The second kappa shape index (κ2) is 6.65. The third kappa shape index (κ3) is 4.44. The molecule has 0 aliphatic carbocycles. The van der Waals surface area contributed by atoms with Gasteiger partial charge in [0.2, 0.25) is 0 Å². The third-order valence-corrected chi connectivity index (χ3v) is 3.85. The van der Waals surface area contributed by atoms with Gasteiger partial charge in [-0.1, -0.05) is 6.07 Å². The fraction of sp³-hybridized carbons (Fsp3) is 0.647. The molecule has 2 atom stereocenters. The molecular weight excluding hydrogens is 278 g/mol. The lowest BCUT2D eigenvalue weighted by Crippen LogP contribution is -2.41. The summed E-state index contributed by atoms with van der Waals surface area (Å²) in [7, 11) is 0. The molecule has 0 spiro atoms. The molecule has 122 valence electrons. The van der Waals surface area contributed by atoms with Gasteiger partial charge in [-0.05, 0) is 58.6 Å². The topological polar surface area (TPSA) is 68.5 Å². The molecule has 22 heavy (non-hydrogen) atoms. The largest absolute Gasteiger partial charge is 0.444 e. The highest BCUT2D eigenvalue weighted by atomic mass is 16.6. The highest BCUT2D eigenvalue weighted by Crippen LogP contribution is 2.27. The minimum Gasteiger partial charge on any atom is -0.444 e. The van der Waals surface area contributed by atoms with E-state index in [0.29, 0.717) is 0 Å². The minimum atomic E-state index is -0.467. The van der Waals surface area contributed by atoms with E-state index in [0.717, 1.165) is 37.1 Å². The Balaban J connectivity index is 1.98. The first-order chi connectivity index (χ1) is 10.3. The van der Waals surface area contributed by atoms with E-state index in [4.69, 9.17) is 10.5 Å². The van der Waals surface area contributed by atoms with Crippen LogP contribution < -0.4 is 5.73 Å². The van der Waals surface area contributed by atoms with Crippen molar-refractivity contribution in [1.82, 2.24) is 9.88 Å². The Morgan fingerprint density at radius 1 is 1.50 bits per heavy atom. The van der Waals surface area contributed by atoms with Crippen LogP contribution in [0.15, 0.2) is 18.3 Å². The normalized spacial score (nSPS) is 20.0. The maximum absolute atomic E-state index is 12.3. The number of aryl methyl sites for hydroxylation is 1. The predicted octanol–water partition coefficient (Wildman–Crippen LogP) is 3.18. The number of ether oxygens (including phenoxy) is 1. The molecule has 1 unspecified atom stereocenters. The summed E-state index contributed by atoms with van der Waals surface area (Å²) in [4.78, 5) is 18.5. The van der Waals surface area contributed by atoms with Crippen LogP contribution in [0.1, 0.15) is 57.3 Å². The highest BCUT2D eigenvalue weighted by molar-refractivity contribution is 5.68. The van der Waals surface area contributed by atoms with Crippen molar-refractivity contribution in [3.8, 4) is 0 Å². The van der Waals surface area contributed by atoms with Gasteiger partial charge in [-0.25, -0.2) is 4.79 Å². The number of carbonyl (C=O) groups is 1. The number of amides is 1. The SMILES string of the molecule is Cc1ccc(C(N)C[C@@H]2CCCN2C(=O)OC(C)(C)C)nc1. The molecule has 1 aromatic heterocycles. The van der Waals surface area contributed by atoms with Crippen molar-refractivity contribution in [2.75, 3.05) is 6.54 Å². The maximum Gasteiger partial charge on any atom is 0.410 e. The van der Waals surface area contributed by atoms with Crippen LogP contribution in [0.3, 0.4) is 0 Å². The summed E-state index contributed by atoms with van der Waals surface area (Å²) in [5, 5.41) is 0. The molecule has 1 saturated heterocycles. The van der Waals surface area contributed by atoms with Crippen LogP contribution in [0.25, 0.3) is 0 Å². The van der Waals surface area contributed by atoms with Gasteiger partial charge in [0.05, 0.1) is 5.69 Å². The zero-order valence-electron chi connectivity index (χ0n) is 14.0. The van der Waals surface area contributed by atoms with Crippen molar-refractivity contribution in [1.29, 1.82) is 0 Å². The van der Waals surface area contributed by atoms with Crippen molar-refractivity contribution in [2.24, 2.45) is 5.73 Å². The molecule has 1 aliphatic rings. The van der Waals surface area contributed by atoms with E-state index in [2.05, 4.69) is 4.98 Å². The van der Waals surface area contributed by atoms with E-state index in [9.17, 15) is 4.79 Å². The van der Waals surface area contributed by atoms with Crippen LogP contribution in [-0.2, 0) is 4.74 Å². The summed E-state index contributed by atoms with van der Waals surface area (Å²) in [5.41, 5.74) is 7.80. The van der Waals surface area contributed by atoms with E-state index < -0.39 is 5.60 Å². The van der Waals surface area contributed by atoms with Crippen molar-refractivity contribution in [3.63, 3.8) is 0 Å². The number of nitrogens with two attached hydrogens (primary N) is 1. The highest BCUT2D eigenvalue weighted by Gasteiger charge is 2.33. The molecule has 1 aromatic rings. The molecule has 5 nitrogen and oxygen atoms in total. The number of aromatic nitrogens is 1. The van der Waals surface area contributed by atoms with Crippen LogP contribution in [0, 0.1) is 6.92 Å². The first-order valence-electron chi connectivity index (χ1n) is 7.94. The number of hydrogen-bond acceptors (Lipinski definition) is 4. The molecule has 1 amide bonds. The Bertz CT molecular complexity index is 508. The van der Waals surface area contributed by atoms with E-state index >= 15 is 0 Å². The molecule has 0 bridgehead atoms. The molecule has 0 aromatic carbocycles. The van der Waals surface area contributed by atoms with Gasteiger partial charge in [0, 0.05) is 24.8 Å². The maximum atomic E-state index is 12.3. The second-order valence-electron chi connectivity index (χ2n) is 7.07. The fourth-order valence-corrected chi connectivity index (χ4v) is 2.75. The van der Waals surface area contributed by atoms with Gasteiger partial charge in [0.15, 0.2) is 0 Å². The number of hydrogen-bond donors (Lipinski definition) is 1. The lowest BCUT2D eigenvalue weighted by Gasteiger charge is -2.29. The summed E-state index contributed by atoms with van der Waals surface area (Å²) < 4.78 is 5.49. The molecule has 2 N–H and O–H groups in total. The monoisotopic (exact) mass is 305 g/mol. The van der Waals surface area contributed by atoms with E-state index in [1.54, 1.807) is 0 Å². The third-order valence-electron chi connectivity index (χ3n) is 3.85. The van der Waals surface area contributed by atoms with E-state index in [1.165, 1.54) is 0 Å². The van der Waals surface area contributed by atoms with Crippen molar-refractivity contribution < 1.29 is 9.53 Å². The van der Waals surface area contributed by atoms with Gasteiger partial charge in [0.1, 0.15) is 5.60 Å². The van der Waals surface area contributed by atoms with Crippen LogP contribution in [-0.4, -0.2) is 34.2 Å². The van der Waals surface area contributed by atoms with Gasteiger partial charge in [0.25, 0.3) is 0 Å². The van der Waals surface area contributed by atoms with E-state index in [-0.39, 0.29) is 18.2 Å². The molecule has 0 saturated carbocycles. The summed E-state index contributed by atoms with van der Waals surface area (Å²) in [6.45, 7) is 8.41.